The molecular formula is C14H24O2. The van der Waals surface area contributed by atoms with Gasteiger partial charge in [-0.05, 0) is 29.1 Å². The summed E-state index contributed by atoms with van der Waals surface area (Å²) in [6, 6.07) is 0. The molecule has 0 N–H and O–H groups in total. The van der Waals surface area contributed by atoms with Gasteiger partial charge in [0.15, 0.2) is 5.79 Å². The van der Waals surface area contributed by atoms with Crippen molar-refractivity contribution in [2.45, 2.75) is 52.7 Å². The maximum absolute atomic E-state index is 5.92. The third kappa shape index (κ3) is 1.39. The van der Waals surface area contributed by atoms with Crippen molar-refractivity contribution in [2.24, 2.45) is 22.7 Å². The fourth-order valence-electron chi connectivity index (χ4n) is 4.54. The van der Waals surface area contributed by atoms with E-state index in [2.05, 4.69) is 27.7 Å². The molecule has 1 spiro atoms. The van der Waals surface area contributed by atoms with Gasteiger partial charge in [-0.2, -0.15) is 0 Å². The monoisotopic (exact) mass is 224 g/mol. The fraction of sp³-hybridized carbons (Fsp3) is 1.00. The molecule has 2 atom stereocenters. The van der Waals surface area contributed by atoms with Crippen LogP contribution >= 0.6 is 0 Å². The van der Waals surface area contributed by atoms with Crippen molar-refractivity contribution in [3.05, 3.63) is 0 Å². The van der Waals surface area contributed by atoms with E-state index in [1.165, 1.54) is 6.42 Å². The highest BCUT2D eigenvalue weighted by Gasteiger charge is 2.67. The highest BCUT2D eigenvalue weighted by atomic mass is 16.7. The van der Waals surface area contributed by atoms with E-state index in [0.29, 0.717) is 10.8 Å². The first-order chi connectivity index (χ1) is 7.38. The largest absolute Gasteiger partial charge is 0.348 e. The predicted molar refractivity (Wildman–Crippen MR) is 63.0 cm³/mol. The molecule has 16 heavy (non-hydrogen) atoms. The molecule has 0 aromatic rings. The lowest BCUT2D eigenvalue weighted by molar-refractivity contribution is -0.171. The van der Waals surface area contributed by atoms with Crippen molar-refractivity contribution >= 4 is 0 Å². The molecule has 2 unspecified atom stereocenters. The lowest BCUT2D eigenvalue weighted by Crippen LogP contribution is -2.32. The number of ether oxygens (including phenoxy) is 2. The molecule has 2 nitrogen and oxygen atoms in total. The molecule has 3 aliphatic rings. The lowest BCUT2D eigenvalue weighted by atomic mass is 9.79. The molecule has 3 fully saturated rings. The SMILES string of the molecule is CC1(C)CCC2(CC3C1C3(C)C)OCCO2. The Bertz CT molecular complexity index is 300. The summed E-state index contributed by atoms with van der Waals surface area (Å²) in [5, 5.41) is 0. The van der Waals surface area contributed by atoms with Crippen LogP contribution in [0.4, 0.5) is 0 Å². The minimum Gasteiger partial charge on any atom is -0.348 e. The summed E-state index contributed by atoms with van der Waals surface area (Å²) in [4.78, 5) is 0. The van der Waals surface area contributed by atoms with Gasteiger partial charge < -0.3 is 9.47 Å². The Morgan fingerprint density at radius 1 is 0.938 bits per heavy atom. The summed E-state index contributed by atoms with van der Waals surface area (Å²) in [7, 11) is 0. The van der Waals surface area contributed by atoms with E-state index >= 15 is 0 Å². The van der Waals surface area contributed by atoms with E-state index in [4.69, 9.17) is 9.47 Å². The van der Waals surface area contributed by atoms with Gasteiger partial charge in [0.05, 0.1) is 13.2 Å². The van der Waals surface area contributed by atoms with Crippen LogP contribution in [0.1, 0.15) is 47.0 Å². The Morgan fingerprint density at radius 2 is 1.56 bits per heavy atom. The first-order valence-corrected chi connectivity index (χ1v) is 6.65. The maximum atomic E-state index is 5.92. The van der Waals surface area contributed by atoms with Crippen LogP contribution < -0.4 is 0 Å². The Balaban J connectivity index is 1.87. The third-order valence-electron chi connectivity index (χ3n) is 5.39. The average Bonchev–Trinajstić information content (AvgIpc) is 2.59. The van der Waals surface area contributed by atoms with Crippen LogP contribution in [-0.2, 0) is 9.47 Å². The molecule has 2 heteroatoms. The van der Waals surface area contributed by atoms with E-state index in [0.717, 1.165) is 37.9 Å². The van der Waals surface area contributed by atoms with Gasteiger partial charge >= 0.3 is 0 Å². The van der Waals surface area contributed by atoms with Gasteiger partial charge in [-0.15, -0.1) is 0 Å². The number of fused-ring (bicyclic) bond motifs is 1. The second-order valence-corrected chi connectivity index (χ2v) is 7.21. The highest BCUT2D eigenvalue weighted by Crippen LogP contribution is 2.71. The van der Waals surface area contributed by atoms with E-state index < -0.39 is 0 Å². The molecule has 92 valence electrons. The number of rotatable bonds is 0. The molecule has 0 aromatic carbocycles. The van der Waals surface area contributed by atoms with Gasteiger partial charge in [-0.3, -0.25) is 0 Å². The van der Waals surface area contributed by atoms with E-state index in [9.17, 15) is 0 Å². The average molecular weight is 224 g/mol. The van der Waals surface area contributed by atoms with Gasteiger partial charge in [0.1, 0.15) is 0 Å². The minimum atomic E-state index is -0.218. The first-order valence-electron chi connectivity index (χ1n) is 6.65. The van der Waals surface area contributed by atoms with E-state index in [1.54, 1.807) is 0 Å². The van der Waals surface area contributed by atoms with Crippen LogP contribution in [0.2, 0.25) is 0 Å². The second kappa shape index (κ2) is 3.02. The predicted octanol–water partition coefficient (Wildman–Crippen LogP) is 3.21. The summed E-state index contributed by atoms with van der Waals surface area (Å²) >= 11 is 0. The normalized spacial score (nSPS) is 42.8. The molecular weight excluding hydrogens is 200 g/mol. The van der Waals surface area contributed by atoms with Crippen LogP contribution in [0, 0.1) is 22.7 Å². The van der Waals surface area contributed by atoms with Crippen molar-refractivity contribution in [1.29, 1.82) is 0 Å². The van der Waals surface area contributed by atoms with Gasteiger partial charge in [-0.1, -0.05) is 27.7 Å². The van der Waals surface area contributed by atoms with E-state index in [1.807, 2.05) is 0 Å². The Kier molecular flexibility index (Phi) is 2.09. The number of hydrogen-bond donors (Lipinski definition) is 0. The molecule has 1 heterocycles. The summed E-state index contributed by atoms with van der Waals surface area (Å²) in [5.41, 5.74) is 0.944. The van der Waals surface area contributed by atoms with Crippen LogP contribution in [0.5, 0.6) is 0 Å². The zero-order valence-electron chi connectivity index (χ0n) is 11.0. The Hall–Kier alpha value is -0.0800. The Labute approximate surface area is 98.7 Å². The van der Waals surface area contributed by atoms with Gasteiger partial charge in [0.2, 0.25) is 0 Å². The summed E-state index contributed by atoms with van der Waals surface area (Å²) in [5.74, 6) is 1.43. The molecule has 0 amide bonds. The second-order valence-electron chi connectivity index (χ2n) is 7.21. The van der Waals surface area contributed by atoms with Gasteiger partial charge in [0.25, 0.3) is 0 Å². The van der Waals surface area contributed by atoms with Crippen LogP contribution in [0.15, 0.2) is 0 Å². The standard InChI is InChI=1S/C14H24O2/c1-12(2)5-6-14(15-7-8-16-14)9-10-11(12)13(10,3)4/h10-11H,5-9H2,1-4H3. The summed E-state index contributed by atoms with van der Waals surface area (Å²) < 4.78 is 11.8. The summed E-state index contributed by atoms with van der Waals surface area (Å²) in [6.07, 6.45) is 3.44. The molecule has 1 saturated heterocycles. The fourth-order valence-corrected chi connectivity index (χ4v) is 4.54. The molecule has 0 aromatic heterocycles. The Morgan fingerprint density at radius 3 is 2.19 bits per heavy atom. The summed E-state index contributed by atoms with van der Waals surface area (Å²) in [6.45, 7) is 11.3. The van der Waals surface area contributed by atoms with Crippen LogP contribution in [-0.4, -0.2) is 19.0 Å². The van der Waals surface area contributed by atoms with Crippen molar-refractivity contribution < 1.29 is 9.47 Å². The molecule has 3 rings (SSSR count). The topological polar surface area (TPSA) is 18.5 Å². The van der Waals surface area contributed by atoms with Gasteiger partial charge in [0, 0.05) is 12.8 Å². The van der Waals surface area contributed by atoms with Crippen LogP contribution in [0.3, 0.4) is 0 Å². The quantitative estimate of drug-likeness (QED) is 0.629. The molecule has 2 aliphatic carbocycles. The van der Waals surface area contributed by atoms with Crippen molar-refractivity contribution in [2.75, 3.05) is 13.2 Å². The molecule has 0 bridgehead atoms. The molecule has 2 saturated carbocycles. The number of hydrogen-bond acceptors (Lipinski definition) is 2. The van der Waals surface area contributed by atoms with Gasteiger partial charge in [-0.25, -0.2) is 0 Å². The highest BCUT2D eigenvalue weighted by molar-refractivity contribution is 5.13. The zero-order valence-corrected chi connectivity index (χ0v) is 11.0. The molecule has 1 aliphatic heterocycles. The first kappa shape index (κ1) is 11.0. The minimum absolute atomic E-state index is 0.218. The smallest absolute Gasteiger partial charge is 0.168 e. The zero-order chi connectivity index (χ0) is 11.6. The maximum Gasteiger partial charge on any atom is 0.168 e. The lowest BCUT2D eigenvalue weighted by Gasteiger charge is -2.31. The van der Waals surface area contributed by atoms with Crippen molar-refractivity contribution in [3.8, 4) is 0 Å². The van der Waals surface area contributed by atoms with E-state index in [-0.39, 0.29) is 5.79 Å². The third-order valence-corrected chi connectivity index (χ3v) is 5.39. The van der Waals surface area contributed by atoms with Crippen molar-refractivity contribution in [1.82, 2.24) is 0 Å². The van der Waals surface area contributed by atoms with Crippen LogP contribution in [0.25, 0.3) is 0 Å². The molecule has 0 radical (unpaired) electrons. The van der Waals surface area contributed by atoms with Crippen molar-refractivity contribution in [3.63, 3.8) is 0 Å².